The van der Waals surface area contributed by atoms with Crippen molar-refractivity contribution in [1.29, 1.82) is 0 Å². The molecule has 0 atom stereocenters. The van der Waals surface area contributed by atoms with Crippen LogP contribution in [0.25, 0.3) is 0 Å². The van der Waals surface area contributed by atoms with E-state index in [1.807, 2.05) is 11.0 Å². The maximum Gasteiger partial charge on any atom is 0.274 e. The van der Waals surface area contributed by atoms with Gasteiger partial charge in [0, 0.05) is 57.1 Å². The van der Waals surface area contributed by atoms with Crippen molar-refractivity contribution in [1.82, 2.24) is 19.8 Å². The van der Waals surface area contributed by atoms with Gasteiger partial charge in [0.15, 0.2) is 5.78 Å². The molecule has 25 heavy (non-hydrogen) atoms. The summed E-state index contributed by atoms with van der Waals surface area (Å²) in [6.45, 7) is 3.91. The molecule has 0 saturated carbocycles. The summed E-state index contributed by atoms with van der Waals surface area (Å²) in [4.78, 5) is 36.4. The number of carbonyl (C=O) groups excluding carboxylic acids is 2. The summed E-state index contributed by atoms with van der Waals surface area (Å²) in [5.74, 6) is 0.210. The number of aromatic nitrogens is 2. The van der Waals surface area contributed by atoms with Crippen LogP contribution in [0.1, 0.15) is 38.4 Å². The van der Waals surface area contributed by atoms with Crippen molar-refractivity contribution in [3.05, 3.63) is 59.2 Å². The molecule has 1 aromatic heterocycles. The number of aryl methyl sites for hydroxylation is 1. The molecule has 6 nitrogen and oxygen atoms in total. The van der Waals surface area contributed by atoms with Crippen LogP contribution in [0.4, 0.5) is 0 Å². The fourth-order valence-electron chi connectivity index (χ4n) is 3.55. The molecule has 0 N–H and O–H groups in total. The zero-order chi connectivity index (χ0) is 17.2. The highest BCUT2D eigenvalue weighted by Crippen LogP contribution is 2.23. The third-order valence-electron chi connectivity index (χ3n) is 4.94. The van der Waals surface area contributed by atoms with E-state index in [9.17, 15) is 9.59 Å². The Morgan fingerprint density at radius 3 is 2.68 bits per heavy atom. The summed E-state index contributed by atoms with van der Waals surface area (Å²) in [6.07, 6.45) is 6.13. The minimum atomic E-state index is -0.0520. The second-order valence-electron chi connectivity index (χ2n) is 6.57. The van der Waals surface area contributed by atoms with Crippen molar-refractivity contribution in [2.75, 3.05) is 26.2 Å². The molecule has 2 heterocycles. The number of hydrogen-bond donors (Lipinski definition) is 0. The normalized spacial score (nSPS) is 17.6. The van der Waals surface area contributed by atoms with Gasteiger partial charge in [-0.2, -0.15) is 0 Å². The second kappa shape index (κ2) is 6.72. The molecule has 1 aliphatic heterocycles. The van der Waals surface area contributed by atoms with Crippen molar-refractivity contribution in [3.8, 4) is 0 Å². The van der Waals surface area contributed by atoms with E-state index in [0.717, 1.165) is 31.6 Å². The Kier molecular flexibility index (Phi) is 4.28. The number of Topliss-reactive ketones (excluding diaryl/α,β-unsaturated/α-hetero) is 1. The first-order valence-corrected chi connectivity index (χ1v) is 8.63. The van der Waals surface area contributed by atoms with Gasteiger partial charge >= 0.3 is 0 Å². The van der Waals surface area contributed by atoms with E-state index in [1.54, 1.807) is 12.4 Å². The summed E-state index contributed by atoms with van der Waals surface area (Å²) in [5, 5.41) is 0. The predicted octanol–water partition coefficient (Wildman–Crippen LogP) is 1.56. The third-order valence-corrected chi connectivity index (χ3v) is 4.94. The predicted molar refractivity (Wildman–Crippen MR) is 92.3 cm³/mol. The molecule has 6 heteroatoms. The first-order valence-electron chi connectivity index (χ1n) is 8.63. The van der Waals surface area contributed by atoms with Crippen LogP contribution in [0.2, 0.25) is 0 Å². The highest BCUT2D eigenvalue weighted by atomic mass is 16.2. The van der Waals surface area contributed by atoms with Crippen molar-refractivity contribution < 1.29 is 9.59 Å². The van der Waals surface area contributed by atoms with Gasteiger partial charge in [-0.05, 0) is 17.5 Å². The minimum Gasteiger partial charge on any atom is -0.335 e. The van der Waals surface area contributed by atoms with E-state index in [2.05, 4.69) is 27.0 Å². The quantitative estimate of drug-likeness (QED) is 0.851. The Morgan fingerprint density at radius 2 is 1.92 bits per heavy atom. The lowest BCUT2D eigenvalue weighted by atomic mass is 10.1. The number of nitrogens with zero attached hydrogens (tertiary/aromatic N) is 4. The van der Waals surface area contributed by atoms with Crippen molar-refractivity contribution in [2.45, 2.75) is 19.4 Å². The highest BCUT2D eigenvalue weighted by molar-refractivity contribution is 6.00. The Hall–Kier alpha value is -2.60. The molecule has 4 rings (SSSR count). The second-order valence-corrected chi connectivity index (χ2v) is 6.57. The molecule has 1 fully saturated rings. The molecule has 128 valence electrons. The van der Waals surface area contributed by atoms with Crippen LogP contribution in [0.15, 0.2) is 36.8 Å². The number of benzene rings is 1. The lowest BCUT2D eigenvalue weighted by Gasteiger charge is -2.34. The van der Waals surface area contributed by atoms with Gasteiger partial charge in [0.05, 0.1) is 6.20 Å². The van der Waals surface area contributed by atoms with Crippen LogP contribution in [0.5, 0.6) is 0 Å². The fourth-order valence-corrected chi connectivity index (χ4v) is 3.55. The Bertz CT molecular complexity index is 798. The molecular formula is C19H20N4O2. The van der Waals surface area contributed by atoms with Crippen molar-refractivity contribution in [3.63, 3.8) is 0 Å². The van der Waals surface area contributed by atoms with E-state index in [1.165, 1.54) is 17.3 Å². The maximum absolute atomic E-state index is 12.4. The third kappa shape index (κ3) is 3.30. The van der Waals surface area contributed by atoms with E-state index >= 15 is 0 Å². The van der Waals surface area contributed by atoms with Gasteiger partial charge in [-0.15, -0.1) is 0 Å². The molecule has 0 spiro atoms. The highest BCUT2D eigenvalue weighted by Gasteiger charge is 2.24. The smallest absolute Gasteiger partial charge is 0.274 e. The summed E-state index contributed by atoms with van der Waals surface area (Å²) >= 11 is 0. The summed E-state index contributed by atoms with van der Waals surface area (Å²) in [5.41, 5.74) is 3.71. The van der Waals surface area contributed by atoms with Gasteiger partial charge < -0.3 is 4.90 Å². The molecule has 2 aromatic rings. The van der Waals surface area contributed by atoms with Crippen LogP contribution < -0.4 is 0 Å². The molecule has 2 aliphatic rings. The van der Waals surface area contributed by atoms with Crippen LogP contribution >= 0.6 is 0 Å². The first-order chi connectivity index (χ1) is 12.2. The molecule has 1 saturated heterocycles. The van der Waals surface area contributed by atoms with Gasteiger partial charge in [-0.25, -0.2) is 4.98 Å². The number of ketones is 1. The maximum atomic E-state index is 12.4. The number of piperazine rings is 1. The lowest BCUT2D eigenvalue weighted by molar-refractivity contribution is 0.0622. The summed E-state index contributed by atoms with van der Waals surface area (Å²) in [6, 6.07) is 6.18. The number of hydrogen-bond acceptors (Lipinski definition) is 5. The number of carbonyl (C=O) groups is 2. The molecule has 1 amide bonds. The number of rotatable bonds is 3. The van der Waals surface area contributed by atoms with Crippen LogP contribution in [-0.2, 0) is 13.0 Å². The fraction of sp³-hybridized carbons (Fsp3) is 0.368. The van der Waals surface area contributed by atoms with Crippen molar-refractivity contribution >= 4 is 11.7 Å². The van der Waals surface area contributed by atoms with Crippen LogP contribution in [0.3, 0.4) is 0 Å². The average Bonchev–Trinajstić information content (AvgIpc) is 3.03. The topological polar surface area (TPSA) is 66.4 Å². The summed E-state index contributed by atoms with van der Waals surface area (Å²) in [7, 11) is 0. The van der Waals surface area contributed by atoms with E-state index in [0.29, 0.717) is 25.2 Å². The molecular weight excluding hydrogens is 316 g/mol. The number of amides is 1. The van der Waals surface area contributed by atoms with Gasteiger partial charge in [0.25, 0.3) is 5.91 Å². The van der Waals surface area contributed by atoms with Gasteiger partial charge in [-0.1, -0.05) is 18.2 Å². The molecule has 0 bridgehead atoms. The minimum absolute atomic E-state index is 0.0520. The Morgan fingerprint density at radius 1 is 1.08 bits per heavy atom. The first kappa shape index (κ1) is 15.9. The van der Waals surface area contributed by atoms with Crippen molar-refractivity contribution in [2.24, 2.45) is 0 Å². The molecule has 0 radical (unpaired) electrons. The van der Waals surface area contributed by atoms with E-state index < -0.39 is 0 Å². The van der Waals surface area contributed by atoms with E-state index in [4.69, 9.17) is 0 Å². The van der Waals surface area contributed by atoms with Gasteiger partial charge in [0.1, 0.15) is 5.69 Å². The van der Waals surface area contributed by atoms with Crippen LogP contribution in [0, 0.1) is 0 Å². The van der Waals surface area contributed by atoms with E-state index in [-0.39, 0.29) is 11.7 Å². The SMILES string of the molecule is O=C1CCc2cc(CN3CCN(C(=O)c4cnccn4)CC3)ccc21. The zero-order valence-electron chi connectivity index (χ0n) is 14.0. The summed E-state index contributed by atoms with van der Waals surface area (Å²) < 4.78 is 0. The standard InChI is InChI=1S/C19H20N4O2/c24-18-4-2-15-11-14(1-3-16(15)18)13-22-7-9-23(10-8-22)19(25)17-12-20-5-6-21-17/h1,3,5-6,11-12H,2,4,7-10,13H2. The molecule has 1 aromatic carbocycles. The lowest BCUT2D eigenvalue weighted by Crippen LogP contribution is -2.48. The molecule has 1 aliphatic carbocycles. The van der Waals surface area contributed by atoms with Crippen LogP contribution in [-0.4, -0.2) is 57.6 Å². The Balaban J connectivity index is 1.35. The largest absolute Gasteiger partial charge is 0.335 e. The average molecular weight is 336 g/mol. The Labute approximate surface area is 146 Å². The number of fused-ring (bicyclic) bond motifs is 1. The van der Waals surface area contributed by atoms with Gasteiger partial charge in [-0.3, -0.25) is 19.5 Å². The zero-order valence-corrected chi connectivity index (χ0v) is 14.0. The molecule has 0 unspecified atom stereocenters. The van der Waals surface area contributed by atoms with Gasteiger partial charge in [0.2, 0.25) is 0 Å². The monoisotopic (exact) mass is 336 g/mol.